The van der Waals surface area contributed by atoms with E-state index in [9.17, 15) is 10.1 Å². The van der Waals surface area contributed by atoms with Crippen molar-refractivity contribution in [2.45, 2.75) is 0 Å². The van der Waals surface area contributed by atoms with Crippen LogP contribution in [0, 0.1) is 10.1 Å². The summed E-state index contributed by atoms with van der Waals surface area (Å²) in [6.45, 7) is 0. The van der Waals surface area contributed by atoms with Gasteiger partial charge in [-0.25, -0.2) is 4.98 Å². The van der Waals surface area contributed by atoms with Crippen LogP contribution in [0.25, 0.3) is 15.7 Å². The van der Waals surface area contributed by atoms with Gasteiger partial charge in [0.15, 0.2) is 0 Å². The third kappa shape index (κ3) is 1.30. The number of benzene rings is 1. The Balaban J connectivity index is 2.77. The summed E-state index contributed by atoms with van der Waals surface area (Å²) in [5.41, 5.74) is 9.23. The summed E-state index contributed by atoms with van der Waals surface area (Å²) >= 11 is 1.15. The van der Waals surface area contributed by atoms with Crippen LogP contribution in [0.5, 0.6) is 0 Å². The Labute approximate surface area is 81.2 Å². The number of nitro groups is 1. The normalized spacial score (nSPS) is 10.0. The van der Waals surface area contributed by atoms with Gasteiger partial charge in [0.1, 0.15) is 5.52 Å². The summed E-state index contributed by atoms with van der Waals surface area (Å²) in [5, 5.41) is 10.4. The van der Waals surface area contributed by atoms with Crippen LogP contribution in [0.4, 0.5) is 5.69 Å². The molecule has 0 saturated carbocycles. The minimum absolute atomic E-state index is 0.0252. The van der Waals surface area contributed by atoms with Crippen LogP contribution in [0.3, 0.4) is 0 Å². The van der Waals surface area contributed by atoms with Gasteiger partial charge >= 0.3 is 4.80 Å². The first-order valence-corrected chi connectivity index (χ1v) is 4.48. The van der Waals surface area contributed by atoms with Crippen LogP contribution < -0.4 is 4.80 Å². The van der Waals surface area contributed by atoms with Crippen molar-refractivity contribution >= 4 is 27.2 Å². The van der Waals surface area contributed by atoms with Crippen molar-refractivity contribution in [2.75, 3.05) is 0 Å². The average Bonchev–Trinajstić information content (AvgIpc) is 2.58. The zero-order valence-corrected chi connectivity index (χ0v) is 7.61. The lowest BCUT2D eigenvalue weighted by molar-refractivity contribution is -0.384. The third-order valence-electron chi connectivity index (χ3n) is 1.72. The fraction of sp³-hybridized carbons (Fsp3) is 0. The molecule has 0 amide bonds. The molecule has 0 aliphatic rings. The van der Waals surface area contributed by atoms with Crippen LogP contribution in [0.15, 0.2) is 18.2 Å². The van der Waals surface area contributed by atoms with Gasteiger partial charge in [-0.15, -0.1) is 0 Å². The number of hydrogen-bond donors (Lipinski definition) is 1. The van der Waals surface area contributed by atoms with E-state index in [0.29, 0.717) is 15.0 Å². The highest BCUT2D eigenvalue weighted by molar-refractivity contribution is 7.16. The SMILES string of the molecule is [N-]=[N+]=c1[nH]c2ccc([N+](=O)[O-])cc2s1. The summed E-state index contributed by atoms with van der Waals surface area (Å²) in [6, 6.07) is 4.41. The number of nitrogens with one attached hydrogen (secondary N) is 1. The van der Waals surface area contributed by atoms with Gasteiger partial charge in [0, 0.05) is 12.1 Å². The molecule has 0 atom stereocenters. The van der Waals surface area contributed by atoms with Crippen molar-refractivity contribution in [1.29, 1.82) is 0 Å². The van der Waals surface area contributed by atoms with Gasteiger partial charge in [-0.2, -0.15) is 0 Å². The molecule has 7 heteroatoms. The second kappa shape index (κ2) is 3.06. The highest BCUT2D eigenvalue weighted by Gasteiger charge is 2.10. The summed E-state index contributed by atoms with van der Waals surface area (Å²) in [6.07, 6.45) is 0. The maximum Gasteiger partial charge on any atom is 0.418 e. The van der Waals surface area contributed by atoms with E-state index < -0.39 is 4.92 Å². The van der Waals surface area contributed by atoms with Gasteiger partial charge in [-0.05, 0) is 17.4 Å². The second-order valence-corrected chi connectivity index (χ2v) is 3.60. The molecule has 6 nitrogen and oxygen atoms in total. The minimum Gasteiger partial charge on any atom is -0.496 e. The quantitative estimate of drug-likeness (QED) is 0.330. The van der Waals surface area contributed by atoms with E-state index in [2.05, 4.69) is 9.77 Å². The summed E-state index contributed by atoms with van der Waals surface area (Å²) in [7, 11) is 0. The molecule has 0 saturated heterocycles. The minimum atomic E-state index is -0.463. The van der Waals surface area contributed by atoms with Crippen molar-refractivity contribution in [3.05, 3.63) is 38.6 Å². The lowest BCUT2D eigenvalue weighted by atomic mass is 10.3. The fourth-order valence-corrected chi connectivity index (χ4v) is 1.92. The number of rotatable bonds is 1. The van der Waals surface area contributed by atoms with E-state index in [4.69, 9.17) is 5.53 Å². The van der Waals surface area contributed by atoms with E-state index in [-0.39, 0.29) is 5.69 Å². The van der Waals surface area contributed by atoms with Gasteiger partial charge in [-0.3, -0.25) is 14.9 Å². The lowest BCUT2D eigenvalue weighted by Gasteiger charge is -1.87. The van der Waals surface area contributed by atoms with Gasteiger partial charge < -0.3 is 5.53 Å². The van der Waals surface area contributed by atoms with Crippen LogP contribution in [0.2, 0.25) is 0 Å². The van der Waals surface area contributed by atoms with Crippen LogP contribution in [0.1, 0.15) is 0 Å². The Morgan fingerprint density at radius 1 is 1.57 bits per heavy atom. The molecule has 70 valence electrons. The molecule has 1 N–H and O–H groups in total. The van der Waals surface area contributed by atoms with E-state index in [0.717, 1.165) is 11.3 Å². The first-order valence-electron chi connectivity index (χ1n) is 3.66. The highest BCUT2D eigenvalue weighted by atomic mass is 32.1. The second-order valence-electron chi connectivity index (χ2n) is 2.57. The molecule has 14 heavy (non-hydrogen) atoms. The highest BCUT2D eigenvalue weighted by Crippen LogP contribution is 2.20. The Kier molecular flexibility index (Phi) is 1.88. The smallest absolute Gasteiger partial charge is 0.418 e. The topological polar surface area (TPSA) is 95.3 Å². The average molecular weight is 208 g/mol. The standard InChI is InChI=1S/C7H4N4O2S/c8-10-7-9-5-2-1-4(11(12)13)3-6(5)14-7/h1-3,9H. The molecule has 0 radical (unpaired) electrons. The van der Waals surface area contributed by atoms with E-state index in [1.165, 1.54) is 12.1 Å². The molecule has 1 aromatic carbocycles. The molecule has 0 bridgehead atoms. The predicted octanol–water partition coefficient (Wildman–Crippen LogP) is 1.27. The largest absolute Gasteiger partial charge is 0.496 e. The maximum absolute atomic E-state index is 10.4. The van der Waals surface area contributed by atoms with Crippen molar-refractivity contribution < 1.29 is 9.71 Å². The number of thiazole rings is 1. The zero-order chi connectivity index (χ0) is 10.1. The van der Waals surface area contributed by atoms with Crippen molar-refractivity contribution in [3.8, 4) is 0 Å². The molecule has 0 unspecified atom stereocenters. The van der Waals surface area contributed by atoms with Gasteiger partial charge in [0.25, 0.3) is 5.69 Å². The molecule has 0 spiro atoms. The van der Waals surface area contributed by atoms with Gasteiger partial charge in [-0.1, -0.05) is 0 Å². The number of nitro benzene ring substituents is 1. The first-order chi connectivity index (χ1) is 6.70. The molecule has 0 aliphatic heterocycles. The molecule has 1 heterocycles. The Hall–Kier alpha value is -1.98. The number of non-ortho nitro benzene ring substituents is 1. The van der Waals surface area contributed by atoms with Crippen LogP contribution in [-0.2, 0) is 0 Å². The summed E-state index contributed by atoms with van der Waals surface area (Å²) in [4.78, 5) is 16.1. The van der Waals surface area contributed by atoms with Crippen molar-refractivity contribution in [1.82, 2.24) is 4.98 Å². The monoisotopic (exact) mass is 208 g/mol. The van der Waals surface area contributed by atoms with Crippen LogP contribution in [-0.4, -0.2) is 14.7 Å². The van der Waals surface area contributed by atoms with Crippen LogP contribution >= 0.6 is 11.3 Å². The first kappa shape index (κ1) is 8.61. The van der Waals surface area contributed by atoms with Gasteiger partial charge in [0.2, 0.25) is 0 Å². The number of aromatic nitrogens is 1. The Morgan fingerprint density at radius 3 is 3.00 bits per heavy atom. The van der Waals surface area contributed by atoms with Crippen molar-refractivity contribution in [2.24, 2.45) is 0 Å². The molecule has 2 aromatic rings. The van der Waals surface area contributed by atoms with Crippen molar-refractivity contribution in [3.63, 3.8) is 0 Å². The molecule has 1 aromatic heterocycles. The zero-order valence-electron chi connectivity index (χ0n) is 6.80. The number of hydrogen-bond acceptors (Lipinski definition) is 3. The number of fused-ring (bicyclic) bond motifs is 1. The molecule has 0 aliphatic carbocycles. The maximum atomic E-state index is 10.4. The third-order valence-corrected chi connectivity index (χ3v) is 2.65. The summed E-state index contributed by atoms with van der Waals surface area (Å²) in [5.74, 6) is 0. The van der Waals surface area contributed by atoms with E-state index >= 15 is 0 Å². The molecule has 0 fully saturated rings. The summed E-state index contributed by atoms with van der Waals surface area (Å²) < 4.78 is 0.687. The molecular weight excluding hydrogens is 204 g/mol. The Bertz CT molecular complexity index is 593. The molecular formula is C7H4N4O2S. The van der Waals surface area contributed by atoms with Gasteiger partial charge in [0.05, 0.1) is 9.62 Å². The number of H-pyrrole nitrogens is 1. The Morgan fingerprint density at radius 2 is 2.36 bits per heavy atom. The lowest BCUT2D eigenvalue weighted by Crippen LogP contribution is -1.96. The van der Waals surface area contributed by atoms with E-state index in [1.54, 1.807) is 6.07 Å². The molecule has 2 rings (SSSR count). The fourth-order valence-electron chi connectivity index (χ4n) is 1.10. The predicted molar refractivity (Wildman–Crippen MR) is 49.6 cm³/mol. The number of aromatic amines is 1. The number of nitrogens with zero attached hydrogens (tertiary/aromatic N) is 3. The van der Waals surface area contributed by atoms with E-state index in [1.807, 2.05) is 0 Å².